The van der Waals surface area contributed by atoms with Crippen molar-refractivity contribution in [2.75, 3.05) is 18.2 Å². The number of imidazole rings is 1. The Morgan fingerprint density at radius 3 is 2.78 bits per heavy atom. The van der Waals surface area contributed by atoms with E-state index in [4.69, 9.17) is 10.5 Å². The van der Waals surface area contributed by atoms with Gasteiger partial charge in [-0.1, -0.05) is 0 Å². The quantitative estimate of drug-likeness (QED) is 0.718. The van der Waals surface area contributed by atoms with E-state index in [1.165, 1.54) is 18.4 Å². The number of esters is 1. The Morgan fingerprint density at radius 2 is 2.13 bits per heavy atom. The van der Waals surface area contributed by atoms with Crippen molar-refractivity contribution < 1.29 is 14.3 Å². The van der Waals surface area contributed by atoms with E-state index in [1.54, 1.807) is 36.0 Å². The number of aryl methyl sites for hydroxylation is 1. The van der Waals surface area contributed by atoms with E-state index in [0.717, 1.165) is 10.1 Å². The number of amides is 1. The molecule has 0 saturated heterocycles. The van der Waals surface area contributed by atoms with Crippen LogP contribution in [0.1, 0.15) is 20.3 Å². The highest BCUT2D eigenvalue weighted by molar-refractivity contribution is 7.20. The number of carbonyl (C=O) groups is 2. The second-order valence-corrected chi connectivity index (χ2v) is 5.99. The predicted octanol–water partition coefficient (Wildman–Crippen LogP) is 2.26. The number of hydrogen-bond donors (Lipinski definition) is 2. The van der Waals surface area contributed by atoms with Crippen LogP contribution in [-0.4, -0.2) is 28.5 Å². The molecule has 3 aromatic rings. The number of methoxy groups -OCH3 is 1. The largest absolute Gasteiger partial charge is 0.465 e. The Labute approximate surface area is 135 Å². The van der Waals surface area contributed by atoms with Gasteiger partial charge >= 0.3 is 5.97 Å². The van der Waals surface area contributed by atoms with E-state index in [1.807, 2.05) is 6.07 Å². The molecule has 0 fully saturated rings. The van der Waals surface area contributed by atoms with Crippen molar-refractivity contribution in [2.24, 2.45) is 7.05 Å². The second kappa shape index (κ2) is 5.73. The summed E-state index contributed by atoms with van der Waals surface area (Å²) in [4.78, 5) is 28.3. The molecule has 7 nitrogen and oxygen atoms in total. The Bertz CT molecular complexity index is 913. The van der Waals surface area contributed by atoms with Gasteiger partial charge in [-0.3, -0.25) is 4.79 Å². The van der Waals surface area contributed by atoms with Gasteiger partial charge in [0, 0.05) is 23.6 Å². The van der Waals surface area contributed by atoms with Gasteiger partial charge in [0.25, 0.3) is 5.91 Å². The molecule has 0 radical (unpaired) electrons. The van der Waals surface area contributed by atoms with Gasteiger partial charge in [0.1, 0.15) is 10.7 Å². The molecule has 118 valence electrons. The van der Waals surface area contributed by atoms with Crippen molar-refractivity contribution in [3.63, 3.8) is 0 Å². The van der Waals surface area contributed by atoms with Gasteiger partial charge in [0.05, 0.1) is 7.11 Å². The molecule has 2 aromatic heterocycles. The van der Waals surface area contributed by atoms with Gasteiger partial charge in [-0.15, -0.1) is 11.3 Å². The summed E-state index contributed by atoms with van der Waals surface area (Å²) in [6, 6.07) is 7.14. The molecule has 1 amide bonds. The first kappa shape index (κ1) is 15.0. The summed E-state index contributed by atoms with van der Waals surface area (Å²) in [5.41, 5.74) is 6.18. The monoisotopic (exact) mass is 330 g/mol. The minimum atomic E-state index is -0.375. The van der Waals surface area contributed by atoms with E-state index in [-0.39, 0.29) is 23.5 Å². The van der Waals surface area contributed by atoms with Crippen molar-refractivity contribution in [3.8, 4) is 0 Å². The Balaban J connectivity index is 1.87. The number of ether oxygens (including phenoxy) is 1. The average molecular weight is 330 g/mol. The first-order valence-corrected chi connectivity index (χ1v) is 7.51. The summed E-state index contributed by atoms with van der Waals surface area (Å²) in [6.45, 7) is 0. The van der Waals surface area contributed by atoms with Crippen LogP contribution in [0.5, 0.6) is 0 Å². The molecule has 1 aromatic carbocycles. The number of nitrogens with two attached hydrogens (primary N) is 1. The Morgan fingerprint density at radius 1 is 1.35 bits per heavy atom. The number of anilines is 2. The van der Waals surface area contributed by atoms with Gasteiger partial charge in [-0.25, -0.2) is 9.78 Å². The third-order valence-corrected chi connectivity index (χ3v) is 4.35. The van der Waals surface area contributed by atoms with E-state index >= 15 is 0 Å². The first-order valence-electron chi connectivity index (χ1n) is 6.70. The van der Waals surface area contributed by atoms with Crippen LogP contribution in [0.3, 0.4) is 0 Å². The molecule has 0 unspecified atom stereocenters. The number of nitrogens with zero attached hydrogens (tertiary/aromatic N) is 2. The molecule has 0 aliphatic rings. The first-order chi connectivity index (χ1) is 11.0. The number of rotatable bonds is 3. The summed E-state index contributed by atoms with van der Waals surface area (Å²) in [5.74, 6) is -0.218. The highest BCUT2D eigenvalue weighted by Crippen LogP contribution is 2.28. The van der Waals surface area contributed by atoms with Crippen LogP contribution >= 0.6 is 11.3 Å². The number of benzene rings is 1. The smallest absolute Gasteiger partial charge is 0.348 e. The van der Waals surface area contributed by atoms with Gasteiger partial charge in [-0.2, -0.15) is 0 Å². The van der Waals surface area contributed by atoms with Crippen LogP contribution < -0.4 is 11.1 Å². The summed E-state index contributed by atoms with van der Waals surface area (Å²) >= 11 is 1.34. The number of nitrogens with one attached hydrogen (secondary N) is 1. The standard InChI is InChI=1S/C15H14N4O3S/c1-19-7-12(16)18-13(19)14(20)17-9-3-4-10-8(5-9)6-11(23-10)15(21)22-2/h3-7H,16H2,1-2H3,(H,17,20). The summed E-state index contributed by atoms with van der Waals surface area (Å²) in [5, 5.41) is 3.62. The fraction of sp³-hybridized carbons (Fsp3) is 0.133. The zero-order valence-electron chi connectivity index (χ0n) is 12.5. The van der Waals surface area contributed by atoms with Crippen LogP contribution in [0.2, 0.25) is 0 Å². The fourth-order valence-corrected chi connectivity index (χ4v) is 3.17. The topological polar surface area (TPSA) is 99.2 Å². The molecule has 2 heterocycles. The summed E-state index contributed by atoms with van der Waals surface area (Å²) in [7, 11) is 3.04. The van der Waals surface area contributed by atoms with E-state index in [2.05, 4.69) is 10.3 Å². The molecular weight excluding hydrogens is 316 g/mol. The Hall–Kier alpha value is -2.87. The van der Waals surface area contributed by atoms with Crippen LogP contribution in [0.25, 0.3) is 10.1 Å². The van der Waals surface area contributed by atoms with Gasteiger partial charge in [-0.05, 0) is 29.7 Å². The number of hydrogen-bond acceptors (Lipinski definition) is 6. The number of aromatic nitrogens is 2. The maximum atomic E-state index is 12.2. The SMILES string of the molecule is COC(=O)c1cc2cc(NC(=O)c3nc(N)cn3C)ccc2s1. The lowest BCUT2D eigenvalue weighted by Gasteiger charge is -2.05. The van der Waals surface area contributed by atoms with Crippen LogP contribution in [0, 0.1) is 0 Å². The minimum absolute atomic E-state index is 0.225. The van der Waals surface area contributed by atoms with Crippen molar-refractivity contribution in [1.29, 1.82) is 0 Å². The lowest BCUT2D eigenvalue weighted by molar-refractivity contribution is 0.0606. The molecule has 0 spiro atoms. The molecule has 23 heavy (non-hydrogen) atoms. The summed E-state index contributed by atoms with van der Waals surface area (Å²) in [6.07, 6.45) is 1.57. The van der Waals surface area contributed by atoms with Gasteiger partial charge in [0.2, 0.25) is 5.82 Å². The fourth-order valence-electron chi connectivity index (χ4n) is 2.21. The Kier molecular flexibility index (Phi) is 3.75. The number of nitrogen functional groups attached to an aromatic ring is 1. The van der Waals surface area contributed by atoms with E-state index in [9.17, 15) is 9.59 Å². The highest BCUT2D eigenvalue weighted by Gasteiger charge is 2.14. The zero-order valence-corrected chi connectivity index (χ0v) is 13.3. The van der Waals surface area contributed by atoms with Crippen molar-refractivity contribution >= 4 is 44.8 Å². The molecule has 0 bridgehead atoms. The third kappa shape index (κ3) is 2.88. The van der Waals surface area contributed by atoms with Crippen LogP contribution in [0.15, 0.2) is 30.5 Å². The van der Waals surface area contributed by atoms with E-state index < -0.39 is 0 Å². The number of carbonyl (C=O) groups excluding carboxylic acids is 2. The average Bonchev–Trinajstić information content (AvgIpc) is 3.08. The molecular formula is C15H14N4O3S. The number of fused-ring (bicyclic) bond motifs is 1. The normalized spacial score (nSPS) is 10.7. The maximum absolute atomic E-state index is 12.2. The van der Waals surface area contributed by atoms with E-state index in [0.29, 0.717) is 10.6 Å². The molecule has 3 rings (SSSR count). The molecule has 3 N–H and O–H groups in total. The van der Waals surface area contributed by atoms with Crippen molar-refractivity contribution in [1.82, 2.24) is 9.55 Å². The van der Waals surface area contributed by atoms with Crippen LogP contribution in [-0.2, 0) is 11.8 Å². The molecule has 0 saturated carbocycles. The second-order valence-electron chi connectivity index (χ2n) is 4.91. The highest BCUT2D eigenvalue weighted by atomic mass is 32.1. The lowest BCUT2D eigenvalue weighted by atomic mass is 10.2. The van der Waals surface area contributed by atoms with Gasteiger partial charge < -0.3 is 20.4 Å². The molecule has 8 heteroatoms. The van der Waals surface area contributed by atoms with Crippen molar-refractivity contribution in [2.45, 2.75) is 0 Å². The minimum Gasteiger partial charge on any atom is -0.465 e. The van der Waals surface area contributed by atoms with Gasteiger partial charge in [0.15, 0.2) is 0 Å². The maximum Gasteiger partial charge on any atom is 0.348 e. The molecule has 0 atom stereocenters. The molecule has 0 aliphatic carbocycles. The summed E-state index contributed by atoms with van der Waals surface area (Å²) < 4.78 is 7.21. The predicted molar refractivity (Wildman–Crippen MR) is 88.7 cm³/mol. The number of thiophene rings is 1. The third-order valence-electron chi connectivity index (χ3n) is 3.26. The van der Waals surface area contributed by atoms with Crippen LogP contribution in [0.4, 0.5) is 11.5 Å². The molecule has 0 aliphatic heterocycles. The van der Waals surface area contributed by atoms with Crippen molar-refractivity contribution in [3.05, 3.63) is 41.2 Å². The zero-order chi connectivity index (χ0) is 16.6. The lowest BCUT2D eigenvalue weighted by Crippen LogP contribution is -2.16.